The molecule has 0 atom stereocenters. The van der Waals surface area contributed by atoms with Crippen molar-refractivity contribution in [3.63, 3.8) is 0 Å². The van der Waals surface area contributed by atoms with Crippen molar-refractivity contribution in [2.24, 2.45) is 0 Å². The highest BCUT2D eigenvalue weighted by molar-refractivity contribution is 9.10. The second-order valence-electron chi connectivity index (χ2n) is 9.63. The number of halogens is 2. The molecule has 2 aromatic rings. The van der Waals surface area contributed by atoms with E-state index in [0.717, 1.165) is 68.0 Å². The Morgan fingerprint density at radius 3 is 1.11 bits per heavy atom. The molecule has 0 aliphatic carbocycles. The van der Waals surface area contributed by atoms with Gasteiger partial charge in [-0.3, -0.25) is 0 Å². The van der Waals surface area contributed by atoms with Gasteiger partial charge in [0, 0.05) is 8.95 Å². The van der Waals surface area contributed by atoms with E-state index < -0.39 is 9.49 Å². The molecule has 0 fully saturated rings. The number of aryl methyl sites for hydroxylation is 4. The zero-order valence-corrected chi connectivity index (χ0v) is 26.1. The molecule has 0 heterocycles. The Morgan fingerprint density at radius 2 is 0.914 bits per heavy atom. The van der Waals surface area contributed by atoms with Gasteiger partial charge in [-0.15, -0.1) is 11.8 Å². The summed E-state index contributed by atoms with van der Waals surface area (Å²) in [5.41, 5.74) is 28.5. The van der Waals surface area contributed by atoms with Gasteiger partial charge in [0.05, 0.1) is 11.1 Å². The van der Waals surface area contributed by atoms with Crippen molar-refractivity contribution in [2.75, 3.05) is 0 Å². The van der Waals surface area contributed by atoms with Crippen molar-refractivity contribution in [2.45, 2.75) is 90.6 Å². The van der Waals surface area contributed by atoms with Crippen molar-refractivity contribution in [3.05, 3.63) is 77.7 Å². The quantitative estimate of drug-likeness (QED) is 0.149. The summed E-state index contributed by atoms with van der Waals surface area (Å²) < 4.78 is 0.901. The van der Waals surface area contributed by atoms with Crippen molar-refractivity contribution < 1.29 is 9.58 Å². The molecule has 2 rings (SSSR count). The molecule has 0 N–H and O–H groups in total. The topological polar surface area (TPSA) is 72.8 Å². The van der Waals surface area contributed by atoms with Crippen molar-refractivity contribution >= 4 is 55.0 Å². The van der Waals surface area contributed by atoms with Crippen LogP contribution in [0.15, 0.2) is 33.2 Å². The number of thioether (sulfide) groups is 1. The maximum absolute atomic E-state index is 10.3. The largest absolute Gasteiger partial charge is 0.361 e. The molecule has 0 unspecified atom stereocenters. The van der Waals surface area contributed by atoms with Crippen LogP contribution in [0.5, 0.6) is 0 Å². The molecular formula is C28H36Br2N4S. The Bertz CT molecular complexity index is 1060. The summed E-state index contributed by atoms with van der Waals surface area (Å²) in [6, 6.07) is 8.42. The fourth-order valence-electron chi connectivity index (χ4n) is 4.85. The first kappa shape index (κ1) is 29.7. The molecule has 0 aliphatic rings. The fraction of sp³-hybridized carbons (Fsp3) is 0.500. The average Bonchev–Trinajstić information content (AvgIpc) is 2.79. The summed E-state index contributed by atoms with van der Waals surface area (Å²) in [5.74, 6) is 0. The first-order valence-electron chi connectivity index (χ1n) is 12.2. The van der Waals surface area contributed by atoms with Crippen LogP contribution in [0.3, 0.4) is 0 Å². The lowest BCUT2D eigenvalue weighted by Crippen LogP contribution is -2.41. The van der Waals surface area contributed by atoms with E-state index in [1.807, 2.05) is 0 Å². The highest BCUT2D eigenvalue weighted by Crippen LogP contribution is 2.43. The third-order valence-electron chi connectivity index (χ3n) is 6.38. The number of hydrogen-bond donors (Lipinski definition) is 0. The van der Waals surface area contributed by atoms with Crippen LogP contribution < -0.4 is 0 Å². The molecule has 0 radical (unpaired) electrons. The van der Waals surface area contributed by atoms with E-state index in [2.05, 4.69) is 121 Å². The second kappa shape index (κ2) is 12.2. The molecule has 0 saturated heterocycles. The van der Waals surface area contributed by atoms with Gasteiger partial charge in [0.1, 0.15) is 9.49 Å². The predicted molar refractivity (Wildman–Crippen MR) is 157 cm³/mol. The van der Waals surface area contributed by atoms with Gasteiger partial charge in [0.25, 0.3) is 0 Å². The average molecular weight is 620 g/mol. The highest BCUT2D eigenvalue weighted by atomic mass is 79.9. The highest BCUT2D eigenvalue weighted by Gasteiger charge is 2.47. The lowest BCUT2D eigenvalue weighted by atomic mass is 9.88. The van der Waals surface area contributed by atoms with E-state index in [0.29, 0.717) is 11.4 Å². The summed E-state index contributed by atoms with van der Waals surface area (Å²) in [6.45, 7) is 16.8. The van der Waals surface area contributed by atoms with Crippen LogP contribution in [0, 0.1) is 0 Å². The molecule has 35 heavy (non-hydrogen) atoms. The van der Waals surface area contributed by atoms with Gasteiger partial charge in [-0.2, -0.15) is 9.58 Å². The maximum atomic E-state index is 10.3. The smallest absolute Gasteiger partial charge is 0.315 e. The minimum atomic E-state index is -0.579. The van der Waals surface area contributed by atoms with Gasteiger partial charge in [-0.25, -0.2) is 0 Å². The molecule has 4 nitrogen and oxygen atoms in total. The van der Waals surface area contributed by atoms with Gasteiger partial charge in [-0.05, 0) is 99.9 Å². The van der Waals surface area contributed by atoms with Crippen molar-refractivity contribution in [1.82, 2.24) is 0 Å². The molecule has 0 aliphatic heterocycles. The standard InChI is InChI=1S/C28H36Br2N4S/c1-9-17-13-21(29)14-18(10-2)23(17)25(33-31)27(5,6)35-28(7,8)26(34-32)24-19(11-3)15-22(30)16-20(24)12-4/h13-16H,9-12H2,1-8H3. The van der Waals surface area contributed by atoms with Crippen LogP contribution in [-0.2, 0) is 25.7 Å². The monoisotopic (exact) mass is 618 g/mol. The zero-order valence-electron chi connectivity index (χ0n) is 22.1. The summed E-state index contributed by atoms with van der Waals surface area (Å²) in [6.07, 6.45) is 3.31. The number of nitrogens with zero attached hydrogens (tertiary/aromatic N) is 4. The van der Waals surface area contributed by atoms with Gasteiger partial charge in [-0.1, -0.05) is 59.6 Å². The van der Waals surface area contributed by atoms with E-state index in [-0.39, 0.29) is 0 Å². The number of rotatable bonds is 10. The van der Waals surface area contributed by atoms with E-state index in [1.54, 1.807) is 11.8 Å². The molecular weight excluding hydrogens is 584 g/mol. The predicted octanol–water partition coefficient (Wildman–Crippen LogP) is 8.49. The Balaban J connectivity index is 2.66. The lowest BCUT2D eigenvalue weighted by molar-refractivity contribution is -0.00955. The van der Waals surface area contributed by atoms with Gasteiger partial charge in [0.15, 0.2) is 0 Å². The van der Waals surface area contributed by atoms with Crippen LogP contribution >= 0.6 is 43.6 Å². The number of hydrogen-bond acceptors (Lipinski definition) is 1. The molecule has 2 aromatic carbocycles. The van der Waals surface area contributed by atoms with E-state index >= 15 is 0 Å². The summed E-state index contributed by atoms with van der Waals surface area (Å²) in [7, 11) is 0. The molecule has 188 valence electrons. The lowest BCUT2D eigenvalue weighted by Gasteiger charge is -2.30. The second-order valence-corrected chi connectivity index (χ2v) is 13.7. The van der Waals surface area contributed by atoms with Crippen LogP contribution in [0.2, 0.25) is 0 Å². The van der Waals surface area contributed by atoms with E-state index in [9.17, 15) is 11.1 Å². The normalized spacial score (nSPS) is 11.7. The first-order valence-corrected chi connectivity index (χ1v) is 14.6. The minimum absolute atomic E-state index is 0.579. The van der Waals surface area contributed by atoms with Crippen LogP contribution in [0.25, 0.3) is 11.1 Å². The summed E-state index contributed by atoms with van der Waals surface area (Å²) in [4.78, 5) is 7.74. The molecule has 0 saturated carbocycles. The summed E-state index contributed by atoms with van der Waals surface area (Å²) >= 11 is 8.90. The van der Waals surface area contributed by atoms with Gasteiger partial charge >= 0.3 is 11.4 Å². The van der Waals surface area contributed by atoms with E-state index in [4.69, 9.17) is 0 Å². The number of benzene rings is 2. The Morgan fingerprint density at radius 1 is 0.657 bits per heavy atom. The van der Waals surface area contributed by atoms with Gasteiger partial charge in [0.2, 0.25) is 0 Å². The third kappa shape index (κ3) is 6.45. The molecule has 0 spiro atoms. The van der Waals surface area contributed by atoms with Gasteiger partial charge < -0.3 is 11.1 Å². The zero-order chi connectivity index (χ0) is 26.6. The van der Waals surface area contributed by atoms with Crippen LogP contribution in [-0.4, -0.2) is 30.5 Å². The van der Waals surface area contributed by atoms with E-state index in [1.165, 1.54) is 0 Å². The first-order chi connectivity index (χ1) is 16.4. The SMILES string of the molecule is CCc1cc(Br)cc(CC)c1C(=[N+]=[N-])C(C)(C)SC(C)(C)C(=[N+]=[N-])c1c(CC)cc(Br)cc1CC. The van der Waals surface area contributed by atoms with Crippen molar-refractivity contribution in [3.8, 4) is 0 Å². The Labute approximate surface area is 231 Å². The molecule has 7 heteroatoms. The van der Waals surface area contributed by atoms with Crippen LogP contribution in [0.4, 0.5) is 0 Å². The molecule has 0 aromatic heterocycles. The maximum Gasteiger partial charge on any atom is 0.315 e. The Hall–Kier alpha value is -1.49. The van der Waals surface area contributed by atoms with Crippen LogP contribution in [0.1, 0.15) is 88.8 Å². The molecule has 0 amide bonds. The third-order valence-corrected chi connectivity index (χ3v) is 8.70. The van der Waals surface area contributed by atoms with Crippen molar-refractivity contribution in [1.29, 1.82) is 0 Å². The minimum Gasteiger partial charge on any atom is -0.361 e. The fourth-order valence-corrected chi connectivity index (χ4v) is 7.71. The summed E-state index contributed by atoms with van der Waals surface area (Å²) in [5, 5.41) is 0. The Kier molecular flexibility index (Phi) is 10.3. The molecule has 0 bridgehead atoms.